The molecule has 0 aliphatic rings. The van der Waals surface area contributed by atoms with Gasteiger partial charge in [0, 0.05) is 0 Å². The first-order chi connectivity index (χ1) is 3.68. The van der Waals surface area contributed by atoms with Crippen LogP contribution in [0.4, 0.5) is 0 Å². The van der Waals surface area contributed by atoms with E-state index in [9.17, 15) is 0 Å². The summed E-state index contributed by atoms with van der Waals surface area (Å²) in [6, 6.07) is -0.245. The van der Waals surface area contributed by atoms with Crippen LogP contribution in [0.2, 0.25) is 0 Å². The molecule has 0 aromatic rings. The predicted molar refractivity (Wildman–Crippen MR) is 23.9 cm³/mol. The second-order valence-corrected chi connectivity index (χ2v) is 0.652. The van der Waals surface area contributed by atoms with Gasteiger partial charge in [-0.25, -0.2) is 0 Å². The second kappa shape index (κ2) is 9.17. The SMILES string of the molecule is COC(=N)N.O=C=O. The first-order valence-corrected chi connectivity index (χ1v) is 1.56. The highest BCUT2D eigenvalue weighted by Crippen LogP contribution is 1.50. The van der Waals surface area contributed by atoms with Crippen molar-refractivity contribution in [2.24, 2.45) is 5.73 Å². The van der Waals surface area contributed by atoms with E-state index >= 15 is 0 Å². The number of hydrogen-bond acceptors (Lipinski definition) is 4. The molecule has 8 heavy (non-hydrogen) atoms. The molecule has 5 nitrogen and oxygen atoms in total. The predicted octanol–water partition coefficient (Wildman–Crippen LogP) is -1.06. The van der Waals surface area contributed by atoms with E-state index in [1.165, 1.54) is 7.11 Å². The van der Waals surface area contributed by atoms with Crippen LogP contribution in [0.3, 0.4) is 0 Å². The van der Waals surface area contributed by atoms with Crippen molar-refractivity contribution in [3.8, 4) is 0 Å². The van der Waals surface area contributed by atoms with Crippen LogP contribution >= 0.6 is 0 Å². The van der Waals surface area contributed by atoms with Gasteiger partial charge in [-0.05, 0) is 0 Å². The van der Waals surface area contributed by atoms with E-state index in [1.807, 2.05) is 0 Å². The van der Waals surface area contributed by atoms with E-state index in [1.54, 1.807) is 0 Å². The first-order valence-electron chi connectivity index (χ1n) is 1.56. The highest BCUT2D eigenvalue weighted by Gasteiger charge is 1.68. The molecule has 0 amide bonds. The van der Waals surface area contributed by atoms with Gasteiger partial charge in [-0.1, -0.05) is 0 Å². The molecule has 46 valence electrons. The quantitative estimate of drug-likeness (QED) is 0.313. The lowest BCUT2D eigenvalue weighted by Crippen LogP contribution is -2.10. The third kappa shape index (κ3) is 147. The van der Waals surface area contributed by atoms with Crippen LogP contribution in [0.5, 0.6) is 0 Å². The van der Waals surface area contributed by atoms with E-state index in [-0.39, 0.29) is 12.2 Å². The summed E-state index contributed by atoms with van der Waals surface area (Å²) in [5.74, 6) is 0. The average molecular weight is 118 g/mol. The summed E-state index contributed by atoms with van der Waals surface area (Å²) in [6.45, 7) is 0. The van der Waals surface area contributed by atoms with Gasteiger partial charge in [-0.15, -0.1) is 0 Å². The molecule has 3 N–H and O–H groups in total. The summed E-state index contributed by atoms with van der Waals surface area (Å²) >= 11 is 0. The normalized spacial score (nSPS) is 5.12. The highest BCUT2D eigenvalue weighted by atomic mass is 16.5. The second-order valence-electron chi connectivity index (χ2n) is 0.652. The number of carbonyl (C=O) groups excluding carboxylic acids is 2. The Morgan fingerprint density at radius 2 is 1.88 bits per heavy atom. The van der Waals surface area contributed by atoms with Crippen molar-refractivity contribution in [3.63, 3.8) is 0 Å². The van der Waals surface area contributed by atoms with Crippen LogP contribution in [-0.4, -0.2) is 19.3 Å². The summed E-state index contributed by atoms with van der Waals surface area (Å²) in [4.78, 5) is 16.2. The number of methoxy groups -OCH3 is 1. The molecule has 0 saturated carbocycles. The zero-order chi connectivity index (χ0) is 6.99. The molecule has 0 fully saturated rings. The molecule has 0 aromatic carbocycles. The maximum atomic E-state index is 8.12. The summed E-state index contributed by atoms with van der Waals surface area (Å²) in [5, 5.41) is 6.30. The summed E-state index contributed by atoms with van der Waals surface area (Å²) < 4.78 is 4.11. The van der Waals surface area contributed by atoms with E-state index in [2.05, 4.69) is 10.5 Å². The largest absolute Gasteiger partial charge is 0.469 e. The van der Waals surface area contributed by atoms with E-state index in [4.69, 9.17) is 15.0 Å². The van der Waals surface area contributed by atoms with Crippen LogP contribution in [-0.2, 0) is 14.3 Å². The van der Waals surface area contributed by atoms with Crippen molar-refractivity contribution in [2.45, 2.75) is 0 Å². The molecule has 0 aliphatic carbocycles. The molecule has 0 spiro atoms. The minimum Gasteiger partial charge on any atom is -0.469 e. The maximum absolute atomic E-state index is 8.12. The standard InChI is InChI=1S/C2H6N2O.CO2/c1-5-2(3)4;2-1-3/h1H3,(H3,3,4);. The minimum atomic E-state index is -0.245. The summed E-state index contributed by atoms with van der Waals surface area (Å²) in [7, 11) is 1.35. The molecule has 0 bridgehead atoms. The van der Waals surface area contributed by atoms with Gasteiger partial charge in [0.15, 0.2) is 0 Å². The first kappa shape index (κ1) is 9.82. The number of hydrogen-bond donors (Lipinski definition) is 2. The van der Waals surface area contributed by atoms with Gasteiger partial charge in [-0.3, -0.25) is 5.41 Å². The zero-order valence-electron chi connectivity index (χ0n) is 4.30. The lowest BCUT2D eigenvalue weighted by atomic mass is 11.2. The third-order valence-electron chi connectivity index (χ3n) is 0.220. The van der Waals surface area contributed by atoms with E-state index < -0.39 is 0 Å². The van der Waals surface area contributed by atoms with Gasteiger partial charge in [0.25, 0.3) is 6.02 Å². The monoisotopic (exact) mass is 118 g/mol. The number of nitrogens with two attached hydrogens (primary N) is 1. The number of ether oxygens (including phenoxy) is 1. The number of rotatable bonds is 0. The Balaban J connectivity index is 0. The molecule has 0 radical (unpaired) electrons. The Morgan fingerprint density at radius 3 is 1.88 bits per heavy atom. The molecule has 0 unspecified atom stereocenters. The Morgan fingerprint density at radius 1 is 1.75 bits per heavy atom. The van der Waals surface area contributed by atoms with E-state index in [0.717, 1.165) is 0 Å². The van der Waals surface area contributed by atoms with Crippen LogP contribution in [0.15, 0.2) is 0 Å². The van der Waals surface area contributed by atoms with Crippen LogP contribution in [0, 0.1) is 5.41 Å². The van der Waals surface area contributed by atoms with Crippen molar-refractivity contribution in [2.75, 3.05) is 7.11 Å². The van der Waals surface area contributed by atoms with Gasteiger partial charge in [0.1, 0.15) is 0 Å². The molecule has 0 aliphatic heterocycles. The van der Waals surface area contributed by atoms with Gasteiger partial charge in [0.2, 0.25) is 0 Å². The van der Waals surface area contributed by atoms with Crippen molar-refractivity contribution >= 4 is 12.2 Å². The number of nitrogens with one attached hydrogen (secondary N) is 1. The van der Waals surface area contributed by atoms with Gasteiger partial charge in [0.05, 0.1) is 7.11 Å². The number of amidine groups is 1. The Bertz CT molecular complexity index is 94.7. The topological polar surface area (TPSA) is 93.2 Å². The molecule has 0 heterocycles. The molecular weight excluding hydrogens is 112 g/mol. The lowest BCUT2D eigenvalue weighted by Gasteiger charge is -1.85. The molecular formula is C3H6N2O3. The van der Waals surface area contributed by atoms with Crippen LogP contribution in [0.1, 0.15) is 0 Å². The Kier molecular flexibility index (Phi) is 11.3. The highest BCUT2D eigenvalue weighted by molar-refractivity contribution is 5.67. The smallest absolute Gasteiger partial charge is 0.373 e. The van der Waals surface area contributed by atoms with Crippen molar-refractivity contribution < 1.29 is 14.3 Å². The third-order valence-corrected chi connectivity index (χ3v) is 0.220. The van der Waals surface area contributed by atoms with E-state index in [0.29, 0.717) is 0 Å². The van der Waals surface area contributed by atoms with Gasteiger partial charge >= 0.3 is 6.15 Å². The fourth-order valence-electron chi connectivity index (χ4n) is 0. The fraction of sp³-hybridized carbons (Fsp3) is 0.333. The molecule has 0 rings (SSSR count). The minimum absolute atomic E-state index is 0.245. The molecule has 0 atom stereocenters. The molecule has 0 saturated heterocycles. The molecule has 0 aromatic heterocycles. The van der Waals surface area contributed by atoms with Gasteiger partial charge in [-0.2, -0.15) is 9.59 Å². The summed E-state index contributed by atoms with van der Waals surface area (Å²) in [5.41, 5.74) is 4.65. The van der Waals surface area contributed by atoms with Crippen LogP contribution < -0.4 is 5.73 Å². The van der Waals surface area contributed by atoms with Crippen LogP contribution in [0.25, 0.3) is 0 Å². The fourth-order valence-corrected chi connectivity index (χ4v) is 0. The lowest BCUT2D eigenvalue weighted by molar-refractivity contribution is -0.191. The Hall–Kier alpha value is -1.35. The van der Waals surface area contributed by atoms with Gasteiger partial charge < -0.3 is 10.5 Å². The van der Waals surface area contributed by atoms with Crippen molar-refractivity contribution in [1.82, 2.24) is 0 Å². The average Bonchev–Trinajstić information content (AvgIpc) is 1.69. The zero-order valence-corrected chi connectivity index (χ0v) is 4.30. The van der Waals surface area contributed by atoms with Crippen molar-refractivity contribution in [3.05, 3.63) is 0 Å². The summed E-state index contributed by atoms with van der Waals surface area (Å²) in [6.07, 6.45) is 0.250. The molecule has 5 heteroatoms. The Labute approximate surface area is 45.9 Å². The maximum Gasteiger partial charge on any atom is 0.373 e. The van der Waals surface area contributed by atoms with Crippen molar-refractivity contribution in [1.29, 1.82) is 5.41 Å².